The maximum atomic E-state index is 13.1. The molecule has 3 N–H and O–H groups in total. The van der Waals surface area contributed by atoms with Gasteiger partial charge in [0.2, 0.25) is 5.95 Å². The van der Waals surface area contributed by atoms with E-state index in [9.17, 15) is 17.6 Å². The number of hydrogen-bond acceptors (Lipinski definition) is 5. The van der Waals surface area contributed by atoms with Crippen LogP contribution in [0.5, 0.6) is 0 Å². The standard InChI is InChI=1S/C13H12F4N4O/c14-8-2-1-3-9(6-8)19-11-7-10(13(15,16)17)20-12(21-11)18-4-5-22/h1-3,6-7,22H,4-5H2,(H2,18,19,20,21). The van der Waals surface area contributed by atoms with Crippen LogP contribution in [0.1, 0.15) is 5.69 Å². The Morgan fingerprint density at radius 3 is 2.55 bits per heavy atom. The molecule has 5 nitrogen and oxygen atoms in total. The smallest absolute Gasteiger partial charge is 0.395 e. The van der Waals surface area contributed by atoms with E-state index in [2.05, 4.69) is 20.6 Å². The number of hydrogen-bond donors (Lipinski definition) is 3. The Morgan fingerprint density at radius 2 is 1.91 bits per heavy atom. The Hall–Kier alpha value is -2.42. The lowest BCUT2D eigenvalue weighted by molar-refractivity contribution is -0.141. The molecule has 0 radical (unpaired) electrons. The van der Waals surface area contributed by atoms with E-state index in [4.69, 9.17) is 5.11 Å². The molecule has 0 aliphatic rings. The Bertz CT molecular complexity index is 648. The van der Waals surface area contributed by atoms with E-state index in [0.717, 1.165) is 12.1 Å². The zero-order valence-electron chi connectivity index (χ0n) is 11.2. The summed E-state index contributed by atoms with van der Waals surface area (Å²) in [6.07, 6.45) is -4.66. The van der Waals surface area contributed by atoms with E-state index in [1.165, 1.54) is 18.2 Å². The first-order valence-corrected chi connectivity index (χ1v) is 6.22. The first-order chi connectivity index (χ1) is 10.4. The number of rotatable bonds is 5. The lowest BCUT2D eigenvalue weighted by Crippen LogP contribution is -2.15. The fourth-order valence-electron chi connectivity index (χ4n) is 1.62. The number of nitrogens with one attached hydrogen (secondary N) is 2. The van der Waals surface area contributed by atoms with Gasteiger partial charge in [-0.2, -0.15) is 18.2 Å². The monoisotopic (exact) mass is 316 g/mol. The van der Waals surface area contributed by atoms with Crippen molar-refractivity contribution in [1.29, 1.82) is 0 Å². The van der Waals surface area contributed by atoms with Gasteiger partial charge in [-0.25, -0.2) is 9.37 Å². The summed E-state index contributed by atoms with van der Waals surface area (Å²) < 4.78 is 51.5. The first kappa shape index (κ1) is 16.0. The highest BCUT2D eigenvalue weighted by Crippen LogP contribution is 2.30. The summed E-state index contributed by atoms with van der Waals surface area (Å²) >= 11 is 0. The van der Waals surface area contributed by atoms with Crippen molar-refractivity contribution >= 4 is 17.5 Å². The quantitative estimate of drug-likeness (QED) is 0.740. The Kier molecular flexibility index (Phi) is 4.76. The van der Waals surface area contributed by atoms with Gasteiger partial charge in [0.1, 0.15) is 11.6 Å². The normalized spacial score (nSPS) is 11.3. The van der Waals surface area contributed by atoms with Crippen molar-refractivity contribution in [2.45, 2.75) is 6.18 Å². The minimum absolute atomic E-state index is 0.000710. The van der Waals surface area contributed by atoms with E-state index < -0.39 is 17.7 Å². The molecule has 1 heterocycles. The third-order valence-corrected chi connectivity index (χ3v) is 2.51. The molecule has 0 bridgehead atoms. The number of aliphatic hydroxyl groups excluding tert-OH is 1. The van der Waals surface area contributed by atoms with Gasteiger partial charge in [0.15, 0.2) is 5.69 Å². The molecule has 2 aromatic rings. The largest absolute Gasteiger partial charge is 0.433 e. The molecule has 22 heavy (non-hydrogen) atoms. The molecule has 0 saturated heterocycles. The first-order valence-electron chi connectivity index (χ1n) is 6.22. The summed E-state index contributed by atoms with van der Waals surface area (Å²) in [5.74, 6) is -0.968. The average Bonchev–Trinajstić information content (AvgIpc) is 2.44. The van der Waals surface area contributed by atoms with Crippen LogP contribution in [0.3, 0.4) is 0 Å². The minimum Gasteiger partial charge on any atom is -0.395 e. The lowest BCUT2D eigenvalue weighted by atomic mass is 10.3. The molecule has 9 heteroatoms. The fraction of sp³-hybridized carbons (Fsp3) is 0.231. The molecule has 0 aliphatic heterocycles. The van der Waals surface area contributed by atoms with Gasteiger partial charge in [-0.1, -0.05) is 6.07 Å². The van der Waals surface area contributed by atoms with Gasteiger partial charge in [-0.05, 0) is 18.2 Å². The second-order valence-corrected chi connectivity index (χ2v) is 4.25. The second-order valence-electron chi connectivity index (χ2n) is 4.25. The number of nitrogens with zero attached hydrogens (tertiary/aromatic N) is 2. The molecule has 1 aromatic carbocycles. The van der Waals surface area contributed by atoms with E-state index in [1.54, 1.807) is 0 Å². The topological polar surface area (TPSA) is 70.1 Å². The van der Waals surface area contributed by atoms with Crippen LogP contribution >= 0.6 is 0 Å². The molecule has 0 atom stereocenters. The highest BCUT2D eigenvalue weighted by molar-refractivity contribution is 5.57. The highest BCUT2D eigenvalue weighted by Gasteiger charge is 2.33. The van der Waals surface area contributed by atoms with Crippen LogP contribution in [-0.4, -0.2) is 28.2 Å². The highest BCUT2D eigenvalue weighted by atomic mass is 19.4. The third-order valence-electron chi connectivity index (χ3n) is 2.51. The Balaban J connectivity index is 2.32. The van der Waals surface area contributed by atoms with Crippen molar-refractivity contribution in [3.8, 4) is 0 Å². The molecule has 118 valence electrons. The maximum absolute atomic E-state index is 13.1. The predicted octanol–water partition coefficient (Wildman–Crippen LogP) is 2.78. The van der Waals surface area contributed by atoms with Crippen LogP contribution in [0, 0.1) is 5.82 Å². The van der Waals surface area contributed by atoms with E-state index >= 15 is 0 Å². The van der Waals surface area contributed by atoms with Crippen LogP contribution in [0.15, 0.2) is 30.3 Å². The molecule has 2 rings (SSSR count). The van der Waals surface area contributed by atoms with E-state index in [0.29, 0.717) is 0 Å². The average molecular weight is 316 g/mol. The summed E-state index contributed by atoms with van der Waals surface area (Å²) in [6, 6.07) is 5.94. The SMILES string of the molecule is OCCNc1nc(Nc2cccc(F)c2)cc(C(F)(F)F)n1. The molecule has 0 fully saturated rings. The number of aromatic nitrogens is 2. The van der Waals surface area contributed by atoms with Gasteiger partial charge < -0.3 is 15.7 Å². The van der Waals surface area contributed by atoms with Crippen molar-refractivity contribution in [3.05, 3.63) is 41.8 Å². The van der Waals surface area contributed by atoms with Crippen LogP contribution in [-0.2, 0) is 6.18 Å². The van der Waals surface area contributed by atoms with Crippen LogP contribution in [0.2, 0.25) is 0 Å². The Labute approximate surface area is 123 Å². The zero-order valence-corrected chi connectivity index (χ0v) is 11.2. The van der Waals surface area contributed by atoms with Crippen LogP contribution < -0.4 is 10.6 Å². The number of benzene rings is 1. The third kappa shape index (κ3) is 4.29. The van der Waals surface area contributed by atoms with E-state index in [-0.39, 0.29) is 30.6 Å². The number of aliphatic hydroxyl groups is 1. The molecule has 0 unspecified atom stereocenters. The van der Waals surface area contributed by atoms with Crippen molar-refractivity contribution in [2.24, 2.45) is 0 Å². The second kappa shape index (κ2) is 6.56. The summed E-state index contributed by atoms with van der Waals surface area (Å²) in [6.45, 7) is -0.285. The van der Waals surface area contributed by atoms with Gasteiger partial charge >= 0.3 is 6.18 Å². The van der Waals surface area contributed by atoms with Gasteiger partial charge in [0, 0.05) is 18.3 Å². The molecule has 0 spiro atoms. The summed E-state index contributed by atoms with van der Waals surface area (Å²) in [7, 11) is 0. The van der Waals surface area contributed by atoms with Gasteiger partial charge in [0.05, 0.1) is 6.61 Å². The molecule has 0 saturated carbocycles. The van der Waals surface area contributed by atoms with Crippen molar-refractivity contribution in [3.63, 3.8) is 0 Å². The predicted molar refractivity (Wildman–Crippen MR) is 72.3 cm³/mol. The van der Waals surface area contributed by atoms with Crippen molar-refractivity contribution in [1.82, 2.24) is 9.97 Å². The summed E-state index contributed by atoms with van der Waals surface area (Å²) in [5.41, 5.74) is -0.901. The minimum atomic E-state index is -4.66. The molecular formula is C13H12F4N4O. The van der Waals surface area contributed by atoms with Gasteiger partial charge in [-0.15, -0.1) is 0 Å². The maximum Gasteiger partial charge on any atom is 0.433 e. The molecule has 1 aromatic heterocycles. The molecule has 0 amide bonds. The summed E-state index contributed by atoms with van der Waals surface area (Å²) in [4.78, 5) is 7.17. The van der Waals surface area contributed by atoms with Gasteiger partial charge in [0.25, 0.3) is 0 Å². The van der Waals surface area contributed by atoms with Crippen molar-refractivity contribution in [2.75, 3.05) is 23.8 Å². The Morgan fingerprint density at radius 1 is 1.14 bits per heavy atom. The fourth-order valence-corrected chi connectivity index (χ4v) is 1.62. The number of anilines is 3. The van der Waals surface area contributed by atoms with Crippen LogP contribution in [0.4, 0.5) is 35.0 Å². The van der Waals surface area contributed by atoms with E-state index in [1.807, 2.05) is 0 Å². The number of alkyl halides is 3. The zero-order chi connectivity index (χ0) is 16.2. The van der Waals surface area contributed by atoms with Gasteiger partial charge in [-0.3, -0.25) is 0 Å². The summed E-state index contributed by atoms with van der Waals surface area (Å²) in [5, 5.41) is 13.7. The number of halogens is 4. The van der Waals surface area contributed by atoms with Crippen LogP contribution in [0.25, 0.3) is 0 Å². The molecule has 0 aliphatic carbocycles. The lowest BCUT2D eigenvalue weighted by Gasteiger charge is -2.12. The molecular weight excluding hydrogens is 304 g/mol. The van der Waals surface area contributed by atoms with Crippen molar-refractivity contribution < 1.29 is 22.7 Å².